The molecule has 4 N–H and O–H groups in total. The highest BCUT2D eigenvalue weighted by molar-refractivity contribution is 8.00. The van der Waals surface area contributed by atoms with E-state index in [2.05, 4.69) is 10.1 Å². The summed E-state index contributed by atoms with van der Waals surface area (Å²) in [4.78, 5) is 28.1. The molecular weight excluding hydrogens is 542 g/mol. The Morgan fingerprint density at radius 3 is 2.82 bits per heavy atom. The predicted octanol–water partition coefficient (Wildman–Crippen LogP) is 3.02. The van der Waals surface area contributed by atoms with Crippen molar-refractivity contribution in [2.45, 2.75) is 55.8 Å². The zero-order chi connectivity index (χ0) is 27.6. The number of nitrogens with two attached hydrogens (primary N) is 1. The summed E-state index contributed by atoms with van der Waals surface area (Å²) >= 11 is 0.905. The van der Waals surface area contributed by atoms with Crippen LogP contribution < -0.4 is 21.0 Å². The summed E-state index contributed by atoms with van der Waals surface area (Å²) in [7, 11) is -4.30. The highest BCUT2D eigenvalue weighted by Gasteiger charge is 2.46. The Balaban J connectivity index is 1.52. The molecule has 1 aliphatic heterocycles. The van der Waals surface area contributed by atoms with Gasteiger partial charge in [-0.15, -0.1) is 11.8 Å². The highest BCUT2D eigenvalue weighted by atomic mass is 32.2. The molecule has 1 saturated heterocycles. The van der Waals surface area contributed by atoms with E-state index < -0.39 is 61.1 Å². The van der Waals surface area contributed by atoms with Crippen LogP contribution in [0.25, 0.3) is 11.0 Å². The number of nitrogens with one attached hydrogen (secondary N) is 1. The first-order valence-electron chi connectivity index (χ1n) is 11.7. The highest BCUT2D eigenvalue weighted by Crippen LogP contribution is 2.49. The number of thioether (sulfide) groups is 1. The maximum Gasteiger partial charge on any atom is 0.459 e. The molecule has 0 amide bonds. The van der Waals surface area contributed by atoms with Gasteiger partial charge in [0.15, 0.2) is 6.17 Å². The number of esters is 1. The molecule has 1 fully saturated rings. The first kappa shape index (κ1) is 28.1. The number of halogens is 1. The maximum absolute atomic E-state index is 15.0. The summed E-state index contributed by atoms with van der Waals surface area (Å²) < 4.78 is 51.6. The lowest BCUT2D eigenvalue weighted by atomic mass is 10.1. The number of nitrogens with zero attached hydrogens (tertiary/aromatic N) is 2. The van der Waals surface area contributed by atoms with E-state index in [1.165, 1.54) is 31.5 Å². The van der Waals surface area contributed by atoms with Gasteiger partial charge in [0.2, 0.25) is 0 Å². The van der Waals surface area contributed by atoms with Crippen LogP contribution in [-0.2, 0) is 18.6 Å². The Bertz CT molecular complexity index is 1400. The minimum atomic E-state index is -4.30. The van der Waals surface area contributed by atoms with E-state index in [9.17, 15) is 23.7 Å². The number of carbonyl (C=O) groups excluding carboxylic acids is 1. The van der Waals surface area contributed by atoms with E-state index in [1.54, 1.807) is 32.0 Å². The molecule has 12 nitrogen and oxygen atoms in total. The quantitative estimate of drug-likeness (QED) is 0.241. The summed E-state index contributed by atoms with van der Waals surface area (Å²) in [5, 5.41) is 11.8. The number of anilines is 1. The van der Waals surface area contributed by atoms with Crippen LogP contribution in [0.1, 0.15) is 26.1 Å². The number of ether oxygens (including phenoxy) is 1. The molecule has 2 aromatic heterocycles. The largest absolute Gasteiger partial charge is 0.464 e. The van der Waals surface area contributed by atoms with Crippen LogP contribution in [0, 0.1) is 0 Å². The number of hydrogen-bond donors (Lipinski definition) is 3. The van der Waals surface area contributed by atoms with Crippen molar-refractivity contribution in [3.05, 3.63) is 53.3 Å². The number of aliphatic hydroxyl groups excluding tert-OH is 1. The van der Waals surface area contributed by atoms with Gasteiger partial charge in [-0.3, -0.25) is 13.9 Å². The number of aromatic nitrogens is 2. The van der Waals surface area contributed by atoms with Crippen molar-refractivity contribution in [3.63, 3.8) is 0 Å². The standard InChI is InChI=1S/C23H28FN4O8PS/c1-12(2)35-22(30)13(3)27-37(32,36-15-5-4-14-7-9-33-16(14)10-15)34-11-17-20(29)19(24)21(38-17)28-8-6-18(25)26-23(28)31/h4-10,12-13,17,19-21,29H,11H2,1-3H3,(H,27,32)(H2,25,26,31)/t13-,17+,19-,20+,21+,37?/m0/s1. The average Bonchev–Trinajstić information content (AvgIpc) is 3.42. The predicted molar refractivity (Wildman–Crippen MR) is 138 cm³/mol. The number of hydrogen-bond acceptors (Lipinski definition) is 11. The number of alkyl halides is 1. The minimum absolute atomic E-state index is 0.0212. The lowest BCUT2D eigenvalue weighted by Crippen LogP contribution is -2.37. The van der Waals surface area contributed by atoms with Crippen molar-refractivity contribution < 1.29 is 37.1 Å². The molecule has 4 rings (SSSR count). The third-order valence-electron chi connectivity index (χ3n) is 5.54. The van der Waals surface area contributed by atoms with Gasteiger partial charge in [-0.25, -0.2) is 13.8 Å². The minimum Gasteiger partial charge on any atom is -0.464 e. The average molecular weight is 571 g/mol. The van der Waals surface area contributed by atoms with Crippen molar-refractivity contribution in [2.75, 3.05) is 12.3 Å². The number of nitrogen functional groups attached to an aromatic ring is 1. The molecule has 1 aromatic carbocycles. The normalized spacial score (nSPS) is 23.8. The van der Waals surface area contributed by atoms with Gasteiger partial charge in [0.25, 0.3) is 0 Å². The van der Waals surface area contributed by atoms with Crippen LogP contribution in [0.4, 0.5) is 10.2 Å². The summed E-state index contributed by atoms with van der Waals surface area (Å²) in [6.45, 7) is 4.31. The zero-order valence-electron chi connectivity index (χ0n) is 20.7. The molecule has 0 bridgehead atoms. The number of furan rings is 1. The van der Waals surface area contributed by atoms with Crippen molar-refractivity contribution >= 4 is 42.3 Å². The second-order valence-electron chi connectivity index (χ2n) is 8.88. The van der Waals surface area contributed by atoms with Gasteiger partial charge in [0.05, 0.1) is 24.2 Å². The van der Waals surface area contributed by atoms with Crippen LogP contribution >= 0.6 is 19.5 Å². The summed E-state index contributed by atoms with van der Waals surface area (Å²) in [6, 6.07) is 6.70. The Morgan fingerprint density at radius 2 is 2.11 bits per heavy atom. The lowest BCUT2D eigenvalue weighted by Gasteiger charge is -2.25. The maximum atomic E-state index is 15.0. The van der Waals surface area contributed by atoms with Crippen molar-refractivity contribution in [2.24, 2.45) is 0 Å². The van der Waals surface area contributed by atoms with E-state index in [1.807, 2.05) is 0 Å². The molecule has 3 heterocycles. The summed E-state index contributed by atoms with van der Waals surface area (Å²) in [5.74, 6) is -0.594. The van der Waals surface area contributed by atoms with Gasteiger partial charge < -0.3 is 24.5 Å². The molecule has 38 heavy (non-hydrogen) atoms. The first-order valence-corrected chi connectivity index (χ1v) is 14.2. The Labute approximate surface area is 221 Å². The van der Waals surface area contributed by atoms with Crippen molar-refractivity contribution in [1.29, 1.82) is 0 Å². The van der Waals surface area contributed by atoms with E-state index in [-0.39, 0.29) is 11.6 Å². The number of carbonyl (C=O) groups is 1. The number of benzene rings is 1. The van der Waals surface area contributed by atoms with Crippen LogP contribution in [0.5, 0.6) is 5.75 Å². The fourth-order valence-electron chi connectivity index (χ4n) is 3.70. The topological polar surface area (TPSA) is 168 Å². The fourth-order valence-corrected chi connectivity index (χ4v) is 6.73. The van der Waals surface area contributed by atoms with Gasteiger partial charge in [0, 0.05) is 17.6 Å². The first-order chi connectivity index (χ1) is 18.0. The Kier molecular flexibility index (Phi) is 8.48. The molecule has 0 radical (unpaired) electrons. The third kappa shape index (κ3) is 6.38. The Hall–Kier alpha value is -2.90. The fraction of sp³-hybridized carbons (Fsp3) is 0.435. The van der Waals surface area contributed by atoms with E-state index in [0.29, 0.717) is 5.58 Å². The van der Waals surface area contributed by atoms with Crippen LogP contribution in [0.2, 0.25) is 0 Å². The van der Waals surface area contributed by atoms with Gasteiger partial charge >= 0.3 is 19.4 Å². The number of rotatable bonds is 10. The molecule has 6 atom stereocenters. The number of fused-ring (bicyclic) bond motifs is 1. The smallest absolute Gasteiger partial charge is 0.459 e. The molecule has 0 spiro atoms. The second kappa shape index (κ2) is 11.5. The van der Waals surface area contributed by atoms with E-state index >= 15 is 0 Å². The van der Waals surface area contributed by atoms with Gasteiger partial charge in [-0.05, 0) is 45.0 Å². The van der Waals surface area contributed by atoms with Crippen LogP contribution in [-0.4, -0.2) is 56.9 Å². The number of aliphatic hydroxyl groups is 1. The zero-order valence-corrected chi connectivity index (χ0v) is 22.4. The van der Waals surface area contributed by atoms with Crippen LogP contribution in [0.3, 0.4) is 0 Å². The molecule has 206 valence electrons. The molecule has 3 aromatic rings. The van der Waals surface area contributed by atoms with Crippen LogP contribution in [0.15, 0.2) is 52.0 Å². The second-order valence-corrected chi connectivity index (χ2v) is 11.9. The molecular formula is C23H28FN4O8PS. The molecule has 1 aliphatic rings. The summed E-state index contributed by atoms with van der Waals surface area (Å²) in [6.07, 6.45) is -1.06. The Morgan fingerprint density at radius 1 is 1.34 bits per heavy atom. The van der Waals surface area contributed by atoms with Gasteiger partial charge in [-0.1, -0.05) is 0 Å². The van der Waals surface area contributed by atoms with E-state index in [4.69, 9.17) is 23.9 Å². The van der Waals surface area contributed by atoms with Crippen molar-refractivity contribution in [3.8, 4) is 5.75 Å². The lowest BCUT2D eigenvalue weighted by molar-refractivity contribution is -0.149. The molecule has 0 saturated carbocycles. The summed E-state index contributed by atoms with van der Waals surface area (Å²) in [5.41, 5.74) is 5.19. The van der Waals surface area contributed by atoms with Crippen molar-refractivity contribution in [1.82, 2.24) is 14.6 Å². The molecule has 15 heteroatoms. The van der Waals surface area contributed by atoms with E-state index in [0.717, 1.165) is 21.7 Å². The third-order valence-corrected chi connectivity index (χ3v) is 8.71. The van der Waals surface area contributed by atoms with Gasteiger partial charge in [-0.2, -0.15) is 10.1 Å². The molecule has 0 aliphatic carbocycles. The molecule has 1 unspecified atom stereocenters. The monoisotopic (exact) mass is 570 g/mol. The SMILES string of the molecule is CC(C)OC(=O)[C@H](C)NP(=O)(OC[C@H]1S[C@@H](n2ccc(N)nc2=O)[C@@H](F)[C@@H]1O)Oc1ccc2ccoc2c1. The van der Waals surface area contributed by atoms with Gasteiger partial charge in [0.1, 0.15) is 34.7 Å².